The molecular weight excluding hydrogens is 284 g/mol. The van der Waals surface area contributed by atoms with Gasteiger partial charge in [0, 0.05) is 19.0 Å². The standard InChI is InChI=1S/C16H26N2O4/c1-3-11(2)22-14(19)10-13-15(20)17-8-9-18(13)16(21)12-6-4-5-7-12/h11-13H,3-10H2,1-2H3,(H,17,20). The molecule has 1 heterocycles. The van der Waals surface area contributed by atoms with E-state index in [1.807, 2.05) is 13.8 Å². The summed E-state index contributed by atoms with van der Waals surface area (Å²) in [5.41, 5.74) is 0. The third-order valence-electron chi connectivity index (χ3n) is 4.59. The van der Waals surface area contributed by atoms with Crippen LogP contribution in [0.3, 0.4) is 0 Å². The molecule has 1 aliphatic heterocycles. The minimum atomic E-state index is -0.724. The van der Waals surface area contributed by atoms with Crippen molar-refractivity contribution < 1.29 is 19.1 Å². The first kappa shape index (κ1) is 16.8. The quantitative estimate of drug-likeness (QED) is 0.775. The number of hydrogen-bond donors (Lipinski definition) is 1. The first-order valence-corrected chi connectivity index (χ1v) is 8.30. The lowest BCUT2D eigenvalue weighted by atomic mass is 10.0. The summed E-state index contributed by atoms with van der Waals surface area (Å²) in [5, 5.41) is 2.74. The Bertz CT molecular complexity index is 432. The smallest absolute Gasteiger partial charge is 0.308 e. The second-order valence-corrected chi connectivity index (χ2v) is 6.23. The number of ether oxygens (including phenoxy) is 1. The summed E-state index contributed by atoms with van der Waals surface area (Å²) >= 11 is 0. The van der Waals surface area contributed by atoms with Crippen LogP contribution in [0.25, 0.3) is 0 Å². The van der Waals surface area contributed by atoms with Crippen molar-refractivity contribution in [3.05, 3.63) is 0 Å². The van der Waals surface area contributed by atoms with Gasteiger partial charge in [0.05, 0.1) is 12.5 Å². The molecule has 0 aromatic heterocycles. The molecule has 6 nitrogen and oxygen atoms in total. The molecule has 6 heteroatoms. The molecule has 2 fully saturated rings. The van der Waals surface area contributed by atoms with Crippen LogP contribution in [0.1, 0.15) is 52.4 Å². The molecule has 1 saturated heterocycles. The fraction of sp³-hybridized carbons (Fsp3) is 0.812. The average molecular weight is 310 g/mol. The summed E-state index contributed by atoms with van der Waals surface area (Å²) in [4.78, 5) is 38.3. The van der Waals surface area contributed by atoms with Gasteiger partial charge in [0.15, 0.2) is 0 Å². The molecule has 0 radical (unpaired) electrons. The van der Waals surface area contributed by atoms with E-state index < -0.39 is 12.0 Å². The van der Waals surface area contributed by atoms with Crippen LogP contribution in [0.4, 0.5) is 0 Å². The van der Waals surface area contributed by atoms with E-state index in [1.165, 1.54) is 0 Å². The molecule has 1 N–H and O–H groups in total. The predicted molar refractivity (Wildman–Crippen MR) is 80.9 cm³/mol. The molecule has 22 heavy (non-hydrogen) atoms. The molecule has 0 bridgehead atoms. The minimum Gasteiger partial charge on any atom is -0.463 e. The maximum Gasteiger partial charge on any atom is 0.308 e. The summed E-state index contributed by atoms with van der Waals surface area (Å²) in [6.45, 7) is 4.68. The largest absolute Gasteiger partial charge is 0.463 e. The van der Waals surface area contributed by atoms with Gasteiger partial charge in [-0.25, -0.2) is 0 Å². The van der Waals surface area contributed by atoms with Gasteiger partial charge in [-0.05, 0) is 26.2 Å². The monoisotopic (exact) mass is 310 g/mol. The Balaban J connectivity index is 2.01. The van der Waals surface area contributed by atoms with Gasteiger partial charge in [-0.1, -0.05) is 19.8 Å². The van der Waals surface area contributed by atoms with Gasteiger partial charge in [0.1, 0.15) is 6.04 Å². The van der Waals surface area contributed by atoms with Crippen molar-refractivity contribution in [2.45, 2.75) is 64.5 Å². The van der Waals surface area contributed by atoms with E-state index in [9.17, 15) is 14.4 Å². The minimum absolute atomic E-state index is 0.0129. The number of piperazine rings is 1. The summed E-state index contributed by atoms with van der Waals surface area (Å²) < 4.78 is 5.25. The molecule has 2 rings (SSSR count). The van der Waals surface area contributed by atoms with Crippen molar-refractivity contribution >= 4 is 17.8 Å². The van der Waals surface area contributed by atoms with Crippen molar-refractivity contribution in [1.29, 1.82) is 0 Å². The van der Waals surface area contributed by atoms with Crippen LogP contribution in [-0.4, -0.2) is 47.9 Å². The predicted octanol–water partition coefficient (Wildman–Crippen LogP) is 1.24. The van der Waals surface area contributed by atoms with Crippen LogP contribution in [0.2, 0.25) is 0 Å². The van der Waals surface area contributed by atoms with Gasteiger partial charge in [-0.3, -0.25) is 14.4 Å². The molecule has 0 aromatic carbocycles. The highest BCUT2D eigenvalue weighted by molar-refractivity contribution is 5.92. The zero-order chi connectivity index (χ0) is 16.1. The Morgan fingerprint density at radius 3 is 2.68 bits per heavy atom. The normalized spacial score (nSPS) is 24.0. The van der Waals surface area contributed by atoms with Crippen LogP contribution < -0.4 is 5.32 Å². The number of amides is 2. The number of carbonyl (C=O) groups is 3. The van der Waals surface area contributed by atoms with Crippen molar-refractivity contribution in [3.8, 4) is 0 Å². The number of rotatable bonds is 5. The lowest BCUT2D eigenvalue weighted by Crippen LogP contribution is -2.58. The van der Waals surface area contributed by atoms with E-state index in [0.717, 1.165) is 32.1 Å². The number of nitrogens with one attached hydrogen (secondary N) is 1. The summed E-state index contributed by atoms with van der Waals surface area (Å²) in [5.74, 6) is -0.632. The molecule has 2 atom stereocenters. The highest BCUT2D eigenvalue weighted by Crippen LogP contribution is 2.28. The topological polar surface area (TPSA) is 75.7 Å². The van der Waals surface area contributed by atoms with Crippen LogP contribution >= 0.6 is 0 Å². The third kappa shape index (κ3) is 3.99. The molecule has 0 aromatic rings. The number of nitrogens with zero attached hydrogens (tertiary/aromatic N) is 1. The molecule has 2 amide bonds. The first-order valence-electron chi connectivity index (χ1n) is 8.30. The zero-order valence-electron chi connectivity index (χ0n) is 13.5. The second kappa shape index (κ2) is 7.61. The Morgan fingerprint density at radius 2 is 2.05 bits per heavy atom. The van der Waals surface area contributed by atoms with Gasteiger partial charge in [0.25, 0.3) is 0 Å². The zero-order valence-corrected chi connectivity index (χ0v) is 13.5. The maximum atomic E-state index is 12.6. The summed E-state index contributed by atoms with van der Waals surface area (Å²) in [6, 6.07) is -0.724. The maximum absolute atomic E-state index is 12.6. The van der Waals surface area contributed by atoms with Gasteiger partial charge in [-0.15, -0.1) is 0 Å². The van der Waals surface area contributed by atoms with Gasteiger partial charge in [-0.2, -0.15) is 0 Å². The van der Waals surface area contributed by atoms with E-state index >= 15 is 0 Å². The summed E-state index contributed by atoms with van der Waals surface area (Å²) in [7, 11) is 0. The van der Waals surface area contributed by atoms with Crippen molar-refractivity contribution in [3.63, 3.8) is 0 Å². The fourth-order valence-corrected chi connectivity index (χ4v) is 3.10. The van der Waals surface area contributed by atoms with E-state index in [1.54, 1.807) is 4.90 Å². The van der Waals surface area contributed by atoms with Crippen LogP contribution in [0.5, 0.6) is 0 Å². The Labute approximate surface area is 131 Å². The number of esters is 1. The summed E-state index contributed by atoms with van der Waals surface area (Å²) in [6.07, 6.45) is 4.41. The van der Waals surface area contributed by atoms with Crippen molar-refractivity contribution in [1.82, 2.24) is 10.2 Å². The molecule has 1 saturated carbocycles. The van der Waals surface area contributed by atoms with E-state index in [0.29, 0.717) is 13.1 Å². The Hall–Kier alpha value is -1.59. The molecule has 2 aliphatic rings. The van der Waals surface area contributed by atoms with Crippen LogP contribution in [0, 0.1) is 5.92 Å². The number of hydrogen-bond acceptors (Lipinski definition) is 4. The van der Waals surface area contributed by atoms with Gasteiger partial charge < -0.3 is 15.0 Å². The Morgan fingerprint density at radius 1 is 1.36 bits per heavy atom. The first-order chi connectivity index (χ1) is 10.5. The van der Waals surface area contributed by atoms with Gasteiger partial charge in [0.2, 0.25) is 11.8 Å². The molecule has 2 unspecified atom stereocenters. The average Bonchev–Trinajstić information content (AvgIpc) is 3.02. The SMILES string of the molecule is CCC(C)OC(=O)CC1C(=O)NCCN1C(=O)C1CCCC1. The van der Waals surface area contributed by atoms with Crippen molar-refractivity contribution in [2.24, 2.45) is 5.92 Å². The lowest BCUT2D eigenvalue weighted by Gasteiger charge is -2.36. The number of carbonyl (C=O) groups excluding carboxylic acids is 3. The Kier molecular flexibility index (Phi) is 5.80. The highest BCUT2D eigenvalue weighted by Gasteiger charge is 2.38. The van der Waals surface area contributed by atoms with Crippen molar-refractivity contribution in [2.75, 3.05) is 13.1 Å². The second-order valence-electron chi connectivity index (χ2n) is 6.23. The van der Waals surface area contributed by atoms with Gasteiger partial charge >= 0.3 is 5.97 Å². The molecule has 0 spiro atoms. The molecule has 124 valence electrons. The lowest BCUT2D eigenvalue weighted by molar-refractivity contribution is -0.155. The van der Waals surface area contributed by atoms with Crippen LogP contribution in [0.15, 0.2) is 0 Å². The highest BCUT2D eigenvalue weighted by atomic mass is 16.5. The van der Waals surface area contributed by atoms with E-state index in [2.05, 4.69) is 5.32 Å². The fourth-order valence-electron chi connectivity index (χ4n) is 3.10. The van der Waals surface area contributed by atoms with E-state index in [-0.39, 0.29) is 30.3 Å². The third-order valence-corrected chi connectivity index (χ3v) is 4.59. The van der Waals surface area contributed by atoms with E-state index in [4.69, 9.17) is 4.74 Å². The molecular formula is C16H26N2O4. The molecule has 1 aliphatic carbocycles. The van der Waals surface area contributed by atoms with Crippen LogP contribution in [-0.2, 0) is 19.1 Å².